The van der Waals surface area contributed by atoms with Crippen molar-refractivity contribution in [2.24, 2.45) is 0 Å². The van der Waals surface area contributed by atoms with Crippen molar-refractivity contribution < 1.29 is 0 Å². The molecular weight excluding hydrogens is 503 g/mol. The van der Waals surface area contributed by atoms with Crippen LogP contribution in [0, 0.1) is 0 Å². The average Bonchev–Trinajstić information content (AvgIpc) is 2.89. The van der Waals surface area contributed by atoms with E-state index in [1.807, 2.05) is 36.4 Å². The average molecular weight is 524 g/mol. The smallest absolute Gasteiger partial charge is 0.160 e. The molecule has 2 nitrogen and oxygen atoms in total. The van der Waals surface area contributed by atoms with Crippen molar-refractivity contribution in [2.75, 3.05) is 0 Å². The Kier molecular flexibility index (Phi) is 6.08. The van der Waals surface area contributed by atoms with E-state index in [1.165, 1.54) is 16.7 Å². The van der Waals surface area contributed by atoms with E-state index in [2.05, 4.69) is 101 Å². The van der Waals surface area contributed by atoms with Crippen molar-refractivity contribution in [1.29, 1.82) is 0 Å². The van der Waals surface area contributed by atoms with Crippen molar-refractivity contribution in [3.8, 4) is 45.0 Å². The van der Waals surface area contributed by atoms with Gasteiger partial charge in [0.15, 0.2) is 5.82 Å². The highest BCUT2D eigenvalue weighted by atomic mass is 127. The third kappa shape index (κ3) is 4.48. The summed E-state index contributed by atoms with van der Waals surface area (Å²) in [4.78, 5) is 9.85. The SMILES string of the molecule is ICc1cccc(-c2cccc(-c3cc(-c4ccccc4)nc(-c4ccccc4)n3)c2)c1. The number of hydrogen-bond donors (Lipinski definition) is 0. The van der Waals surface area contributed by atoms with Gasteiger partial charge in [-0.05, 0) is 28.8 Å². The number of alkyl halides is 1. The second kappa shape index (κ2) is 9.45. The van der Waals surface area contributed by atoms with E-state index in [0.29, 0.717) is 0 Å². The summed E-state index contributed by atoms with van der Waals surface area (Å²) < 4.78 is 0.998. The third-order valence-corrected chi connectivity index (χ3v) is 6.28. The van der Waals surface area contributed by atoms with Gasteiger partial charge in [0.2, 0.25) is 0 Å². The second-order valence-corrected chi connectivity index (χ2v) is 8.37. The number of benzene rings is 4. The molecule has 0 aliphatic rings. The molecule has 0 atom stereocenters. The molecule has 0 saturated heterocycles. The number of hydrogen-bond acceptors (Lipinski definition) is 2. The molecule has 1 heterocycles. The minimum Gasteiger partial charge on any atom is -0.228 e. The highest BCUT2D eigenvalue weighted by Gasteiger charge is 2.11. The Bertz CT molecular complexity index is 1290. The molecular formula is C29H21IN2. The first-order valence-electron chi connectivity index (χ1n) is 10.6. The van der Waals surface area contributed by atoms with Gasteiger partial charge < -0.3 is 0 Å². The highest BCUT2D eigenvalue weighted by molar-refractivity contribution is 14.1. The highest BCUT2D eigenvalue weighted by Crippen LogP contribution is 2.30. The van der Waals surface area contributed by atoms with E-state index in [4.69, 9.17) is 9.97 Å². The summed E-state index contributed by atoms with van der Waals surface area (Å²) in [5, 5.41) is 0. The Morgan fingerprint density at radius 1 is 0.469 bits per heavy atom. The van der Waals surface area contributed by atoms with Crippen LogP contribution in [-0.2, 0) is 4.43 Å². The third-order valence-electron chi connectivity index (χ3n) is 5.40. The van der Waals surface area contributed by atoms with Crippen molar-refractivity contribution in [3.05, 3.63) is 121 Å². The van der Waals surface area contributed by atoms with Crippen LogP contribution in [0.1, 0.15) is 5.56 Å². The summed E-state index contributed by atoms with van der Waals surface area (Å²) in [7, 11) is 0. The molecule has 4 aromatic carbocycles. The van der Waals surface area contributed by atoms with Crippen LogP contribution >= 0.6 is 22.6 Å². The van der Waals surface area contributed by atoms with Gasteiger partial charge in [0, 0.05) is 21.1 Å². The summed E-state index contributed by atoms with van der Waals surface area (Å²) in [5.41, 5.74) is 8.76. The monoisotopic (exact) mass is 524 g/mol. The topological polar surface area (TPSA) is 25.8 Å². The molecule has 0 aliphatic carbocycles. The Morgan fingerprint density at radius 2 is 1.00 bits per heavy atom. The summed E-state index contributed by atoms with van der Waals surface area (Å²) in [6, 6.07) is 39.9. The lowest BCUT2D eigenvalue weighted by molar-refractivity contribution is 1.18. The lowest BCUT2D eigenvalue weighted by Gasteiger charge is -2.11. The van der Waals surface area contributed by atoms with Crippen molar-refractivity contribution in [3.63, 3.8) is 0 Å². The molecule has 5 aromatic rings. The van der Waals surface area contributed by atoms with Crippen molar-refractivity contribution in [1.82, 2.24) is 9.97 Å². The Labute approximate surface area is 202 Å². The predicted molar refractivity (Wildman–Crippen MR) is 141 cm³/mol. The fourth-order valence-corrected chi connectivity index (χ4v) is 4.23. The summed E-state index contributed by atoms with van der Waals surface area (Å²) in [5.74, 6) is 0.735. The first-order chi connectivity index (χ1) is 15.8. The van der Waals surface area contributed by atoms with Crippen molar-refractivity contribution in [2.45, 2.75) is 4.43 Å². The van der Waals surface area contributed by atoms with Crippen LogP contribution in [0.4, 0.5) is 0 Å². The van der Waals surface area contributed by atoms with Gasteiger partial charge in [0.1, 0.15) is 0 Å². The maximum Gasteiger partial charge on any atom is 0.160 e. The van der Waals surface area contributed by atoms with Crippen LogP contribution in [-0.4, -0.2) is 9.97 Å². The summed E-state index contributed by atoms with van der Waals surface area (Å²) in [6.07, 6.45) is 0. The van der Waals surface area contributed by atoms with E-state index < -0.39 is 0 Å². The number of rotatable bonds is 5. The van der Waals surface area contributed by atoms with E-state index in [0.717, 1.165) is 38.3 Å². The second-order valence-electron chi connectivity index (χ2n) is 7.61. The minimum absolute atomic E-state index is 0.735. The Hall–Kier alpha value is -3.31. The van der Waals surface area contributed by atoms with Crippen LogP contribution in [0.15, 0.2) is 115 Å². The first-order valence-corrected chi connectivity index (χ1v) is 12.1. The fourth-order valence-electron chi connectivity index (χ4n) is 3.76. The molecule has 0 bridgehead atoms. The molecule has 5 rings (SSSR count). The van der Waals surface area contributed by atoms with Crippen molar-refractivity contribution >= 4 is 22.6 Å². The lowest BCUT2D eigenvalue weighted by atomic mass is 9.99. The molecule has 0 aliphatic heterocycles. The molecule has 0 amide bonds. The Morgan fingerprint density at radius 3 is 1.69 bits per heavy atom. The molecule has 154 valence electrons. The Balaban J connectivity index is 1.64. The van der Waals surface area contributed by atoms with Gasteiger partial charge in [-0.1, -0.05) is 126 Å². The molecule has 0 radical (unpaired) electrons. The maximum absolute atomic E-state index is 4.96. The van der Waals surface area contributed by atoms with Crippen LogP contribution in [0.3, 0.4) is 0 Å². The largest absolute Gasteiger partial charge is 0.228 e. The van der Waals surface area contributed by atoms with Crippen LogP contribution in [0.5, 0.6) is 0 Å². The molecule has 0 saturated carbocycles. The zero-order chi connectivity index (χ0) is 21.8. The van der Waals surface area contributed by atoms with Gasteiger partial charge in [-0.2, -0.15) is 0 Å². The van der Waals surface area contributed by atoms with Gasteiger partial charge in [0.25, 0.3) is 0 Å². The van der Waals surface area contributed by atoms with Crippen LogP contribution in [0.25, 0.3) is 45.0 Å². The van der Waals surface area contributed by atoms with Crippen LogP contribution < -0.4 is 0 Å². The van der Waals surface area contributed by atoms with Gasteiger partial charge in [-0.3, -0.25) is 0 Å². The summed E-state index contributed by atoms with van der Waals surface area (Å²) >= 11 is 2.41. The number of nitrogens with zero attached hydrogens (tertiary/aromatic N) is 2. The molecule has 0 spiro atoms. The van der Waals surface area contributed by atoms with Gasteiger partial charge in [-0.15, -0.1) is 0 Å². The molecule has 0 fully saturated rings. The number of aromatic nitrogens is 2. The molecule has 0 N–H and O–H groups in total. The molecule has 1 aromatic heterocycles. The van der Waals surface area contributed by atoms with Gasteiger partial charge in [0.05, 0.1) is 11.4 Å². The first kappa shape index (κ1) is 20.6. The zero-order valence-electron chi connectivity index (χ0n) is 17.4. The lowest BCUT2D eigenvalue weighted by Crippen LogP contribution is -1.96. The summed E-state index contributed by atoms with van der Waals surface area (Å²) in [6.45, 7) is 0. The van der Waals surface area contributed by atoms with E-state index in [1.54, 1.807) is 0 Å². The van der Waals surface area contributed by atoms with Gasteiger partial charge in [-0.25, -0.2) is 9.97 Å². The van der Waals surface area contributed by atoms with E-state index in [-0.39, 0.29) is 0 Å². The molecule has 32 heavy (non-hydrogen) atoms. The maximum atomic E-state index is 4.96. The fraction of sp³-hybridized carbons (Fsp3) is 0.0345. The van der Waals surface area contributed by atoms with E-state index in [9.17, 15) is 0 Å². The minimum atomic E-state index is 0.735. The molecule has 0 unspecified atom stereocenters. The van der Waals surface area contributed by atoms with E-state index >= 15 is 0 Å². The normalized spacial score (nSPS) is 10.8. The zero-order valence-corrected chi connectivity index (χ0v) is 19.6. The van der Waals surface area contributed by atoms with Crippen LogP contribution in [0.2, 0.25) is 0 Å². The predicted octanol–water partition coefficient (Wildman–Crippen LogP) is 8.08. The standard InChI is InChI=1S/C29H21IN2/c30-20-21-9-7-14-24(17-21)25-15-8-16-26(18-25)28-19-27(22-10-3-1-4-11-22)31-29(32-28)23-12-5-2-6-13-23/h1-19H,20H2. The quantitative estimate of drug-likeness (QED) is 0.172. The number of halogens is 1. The molecule has 3 heteroatoms. The van der Waals surface area contributed by atoms with Gasteiger partial charge >= 0.3 is 0 Å².